The standard InChI is InChI=1S/C8H13N3O/c1-2-7-10-8(11-12-7)6-3-4-9-5-6/h6,9H,2-5H2,1H3. The Balaban J connectivity index is 2.11. The van der Waals surface area contributed by atoms with Gasteiger partial charge in [-0.3, -0.25) is 0 Å². The van der Waals surface area contributed by atoms with Gasteiger partial charge in [0, 0.05) is 18.9 Å². The van der Waals surface area contributed by atoms with Gasteiger partial charge in [0.15, 0.2) is 5.82 Å². The van der Waals surface area contributed by atoms with Crippen LogP contribution in [0.4, 0.5) is 0 Å². The van der Waals surface area contributed by atoms with Crippen LogP contribution in [0, 0.1) is 0 Å². The van der Waals surface area contributed by atoms with E-state index in [1.807, 2.05) is 6.92 Å². The average Bonchev–Trinajstić information content (AvgIpc) is 2.75. The van der Waals surface area contributed by atoms with Crippen molar-refractivity contribution in [3.63, 3.8) is 0 Å². The van der Waals surface area contributed by atoms with Gasteiger partial charge in [-0.1, -0.05) is 12.1 Å². The molecule has 1 aromatic heterocycles. The molecule has 1 saturated heterocycles. The Hall–Kier alpha value is -0.900. The first-order valence-electron chi connectivity index (χ1n) is 4.43. The summed E-state index contributed by atoms with van der Waals surface area (Å²) in [5, 5.41) is 7.22. The van der Waals surface area contributed by atoms with Gasteiger partial charge in [-0.15, -0.1) is 0 Å². The lowest BCUT2D eigenvalue weighted by atomic mass is 10.1. The molecule has 12 heavy (non-hydrogen) atoms. The number of hydrogen-bond acceptors (Lipinski definition) is 4. The Morgan fingerprint density at radius 1 is 1.67 bits per heavy atom. The largest absolute Gasteiger partial charge is 0.339 e. The molecule has 1 fully saturated rings. The van der Waals surface area contributed by atoms with Gasteiger partial charge in [0.05, 0.1) is 0 Å². The van der Waals surface area contributed by atoms with Crippen LogP contribution in [0.25, 0.3) is 0 Å². The molecule has 0 aliphatic carbocycles. The highest BCUT2D eigenvalue weighted by atomic mass is 16.5. The molecule has 1 unspecified atom stereocenters. The van der Waals surface area contributed by atoms with Gasteiger partial charge in [0.1, 0.15) is 0 Å². The van der Waals surface area contributed by atoms with E-state index in [9.17, 15) is 0 Å². The second kappa shape index (κ2) is 3.23. The third kappa shape index (κ3) is 1.34. The molecule has 0 amide bonds. The minimum absolute atomic E-state index is 0.467. The third-order valence-electron chi connectivity index (χ3n) is 2.21. The lowest BCUT2D eigenvalue weighted by molar-refractivity contribution is 0.373. The molecular formula is C8H13N3O. The van der Waals surface area contributed by atoms with E-state index in [2.05, 4.69) is 15.5 Å². The van der Waals surface area contributed by atoms with E-state index in [-0.39, 0.29) is 0 Å². The van der Waals surface area contributed by atoms with Gasteiger partial charge >= 0.3 is 0 Å². The van der Waals surface area contributed by atoms with Crippen LogP contribution >= 0.6 is 0 Å². The van der Waals surface area contributed by atoms with Gasteiger partial charge < -0.3 is 9.84 Å². The van der Waals surface area contributed by atoms with Crippen LogP contribution in [-0.4, -0.2) is 23.2 Å². The molecule has 2 rings (SSSR count). The maximum atomic E-state index is 5.04. The van der Waals surface area contributed by atoms with Gasteiger partial charge in [0.25, 0.3) is 0 Å². The average molecular weight is 167 g/mol. The fraction of sp³-hybridized carbons (Fsp3) is 0.750. The van der Waals surface area contributed by atoms with Crippen LogP contribution < -0.4 is 5.32 Å². The van der Waals surface area contributed by atoms with E-state index < -0.39 is 0 Å². The number of rotatable bonds is 2. The van der Waals surface area contributed by atoms with Gasteiger partial charge in [0.2, 0.25) is 5.89 Å². The predicted molar refractivity (Wildman–Crippen MR) is 43.9 cm³/mol. The molecule has 0 saturated carbocycles. The smallest absolute Gasteiger partial charge is 0.226 e. The molecule has 0 radical (unpaired) electrons. The Bertz CT molecular complexity index is 253. The summed E-state index contributed by atoms with van der Waals surface area (Å²) in [6.45, 7) is 4.08. The van der Waals surface area contributed by atoms with Crippen LogP contribution in [0.3, 0.4) is 0 Å². The summed E-state index contributed by atoms with van der Waals surface area (Å²) >= 11 is 0. The van der Waals surface area contributed by atoms with Crippen molar-refractivity contribution < 1.29 is 4.52 Å². The second-order valence-electron chi connectivity index (χ2n) is 3.09. The van der Waals surface area contributed by atoms with Crippen LogP contribution in [0.5, 0.6) is 0 Å². The van der Waals surface area contributed by atoms with Crippen molar-refractivity contribution in [3.05, 3.63) is 11.7 Å². The molecule has 1 atom stereocenters. The van der Waals surface area contributed by atoms with Crippen molar-refractivity contribution in [2.45, 2.75) is 25.7 Å². The zero-order valence-corrected chi connectivity index (χ0v) is 7.21. The monoisotopic (exact) mass is 167 g/mol. The summed E-state index contributed by atoms with van der Waals surface area (Å²) in [7, 11) is 0. The first-order chi connectivity index (χ1) is 5.90. The summed E-state index contributed by atoms with van der Waals surface area (Å²) in [5.74, 6) is 2.09. The molecule has 1 aliphatic heterocycles. The zero-order chi connectivity index (χ0) is 8.39. The molecule has 4 heteroatoms. The van der Waals surface area contributed by atoms with E-state index in [0.717, 1.165) is 37.6 Å². The van der Waals surface area contributed by atoms with Crippen LogP contribution in [0.15, 0.2) is 4.52 Å². The molecule has 1 aromatic rings. The number of nitrogens with zero attached hydrogens (tertiary/aromatic N) is 2. The van der Waals surface area contributed by atoms with Crippen LogP contribution in [-0.2, 0) is 6.42 Å². The van der Waals surface area contributed by atoms with Crippen molar-refractivity contribution >= 4 is 0 Å². The quantitative estimate of drug-likeness (QED) is 0.704. The first kappa shape index (κ1) is 7.73. The molecule has 0 spiro atoms. The lowest BCUT2D eigenvalue weighted by Crippen LogP contribution is -2.08. The number of aryl methyl sites for hydroxylation is 1. The summed E-state index contributed by atoms with van der Waals surface area (Å²) < 4.78 is 5.04. The molecule has 1 aliphatic rings. The van der Waals surface area contributed by atoms with E-state index >= 15 is 0 Å². The number of hydrogen-bond donors (Lipinski definition) is 1. The lowest BCUT2D eigenvalue weighted by Gasteiger charge is -1.98. The molecular weight excluding hydrogens is 154 g/mol. The van der Waals surface area contributed by atoms with E-state index in [4.69, 9.17) is 4.52 Å². The number of aromatic nitrogens is 2. The fourth-order valence-electron chi connectivity index (χ4n) is 1.45. The SMILES string of the molecule is CCc1nc(C2CCNC2)no1. The summed E-state index contributed by atoms with van der Waals surface area (Å²) in [5.41, 5.74) is 0. The molecule has 2 heterocycles. The molecule has 1 N–H and O–H groups in total. The summed E-state index contributed by atoms with van der Waals surface area (Å²) in [4.78, 5) is 4.29. The van der Waals surface area contributed by atoms with E-state index in [0.29, 0.717) is 5.92 Å². The minimum atomic E-state index is 0.467. The van der Waals surface area contributed by atoms with Gasteiger partial charge in [-0.25, -0.2) is 0 Å². The van der Waals surface area contributed by atoms with Gasteiger partial charge in [-0.2, -0.15) is 4.98 Å². The van der Waals surface area contributed by atoms with Crippen molar-refractivity contribution in [1.29, 1.82) is 0 Å². The topological polar surface area (TPSA) is 51.0 Å². The molecule has 4 nitrogen and oxygen atoms in total. The molecule has 0 aromatic carbocycles. The van der Waals surface area contributed by atoms with Gasteiger partial charge in [-0.05, 0) is 13.0 Å². The van der Waals surface area contributed by atoms with Crippen molar-refractivity contribution in [2.75, 3.05) is 13.1 Å². The Labute approximate surface area is 71.4 Å². The number of nitrogens with one attached hydrogen (secondary N) is 1. The normalized spacial score (nSPS) is 23.2. The fourth-order valence-corrected chi connectivity index (χ4v) is 1.45. The predicted octanol–water partition coefficient (Wildman–Crippen LogP) is 0.709. The second-order valence-corrected chi connectivity index (χ2v) is 3.09. The Morgan fingerprint density at radius 2 is 2.58 bits per heavy atom. The Kier molecular flexibility index (Phi) is 2.08. The highest BCUT2D eigenvalue weighted by Gasteiger charge is 2.21. The first-order valence-corrected chi connectivity index (χ1v) is 4.43. The minimum Gasteiger partial charge on any atom is -0.339 e. The van der Waals surface area contributed by atoms with Crippen LogP contribution in [0.2, 0.25) is 0 Å². The van der Waals surface area contributed by atoms with E-state index in [1.54, 1.807) is 0 Å². The summed E-state index contributed by atoms with van der Waals surface area (Å²) in [6.07, 6.45) is 1.95. The van der Waals surface area contributed by atoms with Crippen LogP contribution in [0.1, 0.15) is 31.0 Å². The Morgan fingerprint density at radius 3 is 3.17 bits per heavy atom. The zero-order valence-electron chi connectivity index (χ0n) is 7.21. The molecule has 0 bridgehead atoms. The van der Waals surface area contributed by atoms with Crippen molar-refractivity contribution in [3.8, 4) is 0 Å². The molecule has 66 valence electrons. The highest BCUT2D eigenvalue weighted by molar-refractivity contribution is 4.99. The van der Waals surface area contributed by atoms with E-state index in [1.165, 1.54) is 0 Å². The van der Waals surface area contributed by atoms with Crippen molar-refractivity contribution in [1.82, 2.24) is 15.5 Å². The third-order valence-corrected chi connectivity index (χ3v) is 2.21. The van der Waals surface area contributed by atoms with Crippen molar-refractivity contribution in [2.24, 2.45) is 0 Å². The highest BCUT2D eigenvalue weighted by Crippen LogP contribution is 2.18. The maximum absolute atomic E-state index is 5.04. The summed E-state index contributed by atoms with van der Waals surface area (Å²) in [6, 6.07) is 0. The maximum Gasteiger partial charge on any atom is 0.226 e.